The van der Waals surface area contributed by atoms with Crippen molar-refractivity contribution in [2.45, 2.75) is 13.8 Å². The topological polar surface area (TPSA) is 71.9 Å². The van der Waals surface area contributed by atoms with Crippen molar-refractivity contribution >= 4 is 28.9 Å². The second-order valence-electron chi connectivity index (χ2n) is 6.09. The number of nitro groups is 1. The van der Waals surface area contributed by atoms with E-state index >= 15 is 0 Å². The van der Waals surface area contributed by atoms with Gasteiger partial charge in [-0.05, 0) is 49.8 Å². The Morgan fingerprint density at radius 3 is 2.44 bits per heavy atom. The lowest BCUT2D eigenvalue weighted by Gasteiger charge is -2.09. The van der Waals surface area contributed by atoms with Crippen LogP contribution in [0.3, 0.4) is 0 Å². The Bertz CT molecular complexity index is 1090. The predicted octanol–water partition coefficient (Wildman–Crippen LogP) is 5.72. The summed E-state index contributed by atoms with van der Waals surface area (Å²) in [5.74, 6) is 0. The van der Waals surface area contributed by atoms with Crippen molar-refractivity contribution in [1.29, 1.82) is 5.26 Å². The zero-order valence-electron chi connectivity index (χ0n) is 14.8. The van der Waals surface area contributed by atoms with Crippen LogP contribution in [0.25, 0.3) is 17.3 Å². The third-order valence-electron chi connectivity index (χ3n) is 4.37. The summed E-state index contributed by atoms with van der Waals surface area (Å²) >= 11 is 6.22. The number of nitro benzene ring substituents is 1. The van der Waals surface area contributed by atoms with Gasteiger partial charge in [0.25, 0.3) is 5.69 Å². The molecule has 3 aromatic rings. The summed E-state index contributed by atoms with van der Waals surface area (Å²) in [6.07, 6.45) is 1.81. The van der Waals surface area contributed by atoms with Crippen LogP contribution in [-0.2, 0) is 0 Å². The van der Waals surface area contributed by atoms with E-state index in [1.165, 1.54) is 12.1 Å². The Morgan fingerprint density at radius 2 is 1.85 bits per heavy atom. The molecular weight excluding hydrogens is 362 g/mol. The first kappa shape index (κ1) is 18.4. The van der Waals surface area contributed by atoms with Crippen LogP contribution in [0.15, 0.2) is 54.6 Å². The number of nitriles is 1. The number of non-ortho nitro benzene ring substituents is 1. The summed E-state index contributed by atoms with van der Waals surface area (Å²) in [5, 5.41) is 21.0. The minimum absolute atomic E-state index is 0.0480. The van der Waals surface area contributed by atoms with Crippen LogP contribution in [-0.4, -0.2) is 9.49 Å². The number of rotatable bonds is 4. The summed E-state index contributed by atoms with van der Waals surface area (Å²) < 4.78 is 2.00. The molecule has 0 fully saturated rings. The molecule has 0 saturated heterocycles. The van der Waals surface area contributed by atoms with Crippen LogP contribution in [0, 0.1) is 35.3 Å². The maximum Gasteiger partial charge on any atom is 0.269 e. The first-order chi connectivity index (χ1) is 12.9. The van der Waals surface area contributed by atoms with Crippen LogP contribution < -0.4 is 0 Å². The molecule has 27 heavy (non-hydrogen) atoms. The maximum absolute atomic E-state index is 10.9. The fourth-order valence-corrected chi connectivity index (χ4v) is 3.30. The summed E-state index contributed by atoms with van der Waals surface area (Å²) in [6, 6.07) is 17.8. The van der Waals surface area contributed by atoms with Crippen molar-refractivity contribution < 1.29 is 4.92 Å². The van der Waals surface area contributed by atoms with Gasteiger partial charge in [0, 0.05) is 39.8 Å². The van der Waals surface area contributed by atoms with Crippen molar-refractivity contribution in [3.8, 4) is 11.8 Å². The van der Waals surface area contributed by atoms with Crippen molar-refractivity contribution in [2.75, 3.05) is 0 Å². The third-order valence-corrected chi connectivity index (χ3v) is 4.70. The van der Waals surface area contributed by atoms with E-state index < -0.39 is 4.92 Å². The molecule has 0 aliphatic rings. The highest BCUT2D eigenvalue weighted by atomic mass is 35.5. The van der Waals surface area contributed by atoms with Crippen LogP contribution in [0.1, 0.15) is 22.5 Å². The second kappa shape index (κ2) is 7.48. The summed E-state index contributed by atoms with van der Waals surface area (Å²) in [5.41, 5.74) is 4.82. The van der Waals surface area contributed by atoms with Crippen molar-refractivity contribution in [3.63, 3.8) is 0 Å². The molecule has 0 saturated carbocycles. The molecule has 0 aliphatic heterocycles. The van der Waals surface area contributed by atoms with Gasteiger partial charge in [-0.15, -0.1) is 0 Å². The lowest BCUT2D eigenvalue weighted by molar-refractivity contribution is -0.384. The molecule has 1 heterocycles. The largest absolute Gasteiger partial charge is 0.318 e. The van der Waals surface area contributed by atoms with Gasteiger partial charge in [0.15, 0.2) is 0 Å². The van der Waals surface area contributed by atoms with Crippen molar-refractivity contribution in [2.24, 2.45) is 0 Å². The molecule has 0 N–H and O–H groups in total. The molecule has 5 nitrogen and oxygen atoms in total. The molecule has 0 bridgehead atoms. The summed E-state index contributed by atoms with van der Waals surface area (Å²) in [6.45, 7) is 3.90. The fraction of sp³-hybridized carbons (Fsp3) is 0.0952. The van der Waals surface area contributed by atoms with Gasteiger partial charge in [-0.2, -0.15) is 5.26 Å². The molecule has 0 atom stereocenters. The molecular formula is C21H16ClN3O2. The molecule has 2 aromatic carbocycles. The van der Waals surface area contributed by atoms with E-state index in [0.29, 0.717) is 16.2 Å². The van der Waals surface area contributed by atoms with Gasteiger partial charge in [-0.3, -0.25) is 10.1 Å². The fourth-order valence-electron chi connectivity index (χ4n) is 3.06. The summed E-state index contributed by atoms with van der Waals surface area (Å²) in [4.78, 5) is 10.4. The molecule has 0 amide bonds. The highest BCUT2D eigenvalue weighted by Crippen LogP contribution is 2.28. The molecule has 134 valence electrons. The molecule has 1 aromatic heterocycles. The van der Waals surface area contributed by atoms with Crippen LogP contribution >= 0.6 is 11.6 Å². The zero-order chi connectivity index (χ0) is 19.6. The first-order valence-corrected chi connectivity index (χ1v) is 8.60. The SMILES string of the molecule is Cc1cc(C=C(C#N)c2ccccc2Cl)c(C)n1-c1ccc([N+](=O)[O-])cc1. The van der Waals surface area contributed by atoms with Crippen molar-refractivity contribution in [3.05, 3.63) is 92.2 Å². The number of nitrogens with zero attached hydrogens (tertiary/aromatic N) is 3. The number of hydrogen-bond donors (Lipinski definition) is 0. The number of allylic oxidation sites excluding steroid dienone is 1. The smallest absolute Gasteiger partial charge is 0.269 e. The average Bonchev–Trinajstić information content (AvgIpc) is 2.93. The van der Waals surface area contributed by atoms with E-state index in [4.69, 9.17) is 11.6 Å². The van der Waals surface area contributed by atoms with E-state index in [1.807, 2.05) is 48.8 Å². The van der Waals surface area contributed by atoms with Gasteiger partial charge in [-0.25, -0.2) is 0 Å². The third kappa shape index (κ3) is 3.62. The Balaban J connectivity index is 2.07. The number of aryl methyl sites for hydroxylation is 1. The molecule has 0 aliphatic carbocycles. The molecule has 0 radical (unpaired) electrons. The molecule has 3 rings (SSSR count). The monoisotopic (exact) mass is 377 g/mol. The predicted molar refractivity (Wildman–Crippen MR) is 107 cm³/mol. The van der Waals surface area contributed by atoms with Gasteiger partial charge in [0.2, 0.25) is 0 Å². The number of halogens is 1. The zero-order valence-corrected chi connectivity index (χ0v) is 15.6. The Hall–Kier alpha value is -3.36. The van der Waals surface area contributed by atoms with E-state index in [-0.39, 0.29) is 5.69 Å². The van der Waals surface area contributed by atoms with Crippen LogP contribution in [0.2, 0.25) is 5.02 Å². The molecule has 0 unspecified atom stereocenters. The van der Waals surface area contributed by atoms with Crippen molar-refractivity contribution in [1.82, 2.24) is 4.57 Å². The maximum atomic E-state index is 10.9. The number of hydrogen-bond acceptors (Lipinski definition) is 3. The van der Waals surface area contributed by atoms with Gasteiger partial charge < -0.3 is 4.57 Å². The first-order valence-electron chi connectivity index (χ1n) is 8.23. The van der Waals surface area contributed by atoms with E-state index in [0.717, 1.165) is 22.6 Å². The van der Waals surface area contributed by atoms with Crippen LogP contribution in [0.4, 0.5) is 5.69 Å². The van der Waals surface area contributed by atoms with E-state index in [2.05, 4.69) is 6.07 Å². The Labute approximate surface area is 161 Å². The lowest BCUT2D eigenvalue weighted by Crippen LogP contribution is -1.99. The second-order valence-corrected chi connectivity index (χ2v) is 6.49. The number of aromatic nitrogens is 1. The standard InChI is InChI=1S/C21H16ClN3O2/c1-14-11-16(12-17(13-23)20-5-3-4-6-21(20)22)15(2)24(14)18-7-9-19(10-8-18)25(26)27/h3-12H,1-2H3. The van der Waals surface area contributed by atoms with E-state index in [1.54, 1.807) is 18.2 Å². The average molecular weight is 378 g/mol. The van der Waals surface area contributed by atoms with Gasteiger partial charge in [-0.1, -0.05) is 29.8 Å². The molecule has 6 heteroatoms. The van der Waals surface area contributed by atoms with Gasteiger partial charge in [0.05, 0.1) is 16.6 Å². The molecule has 0 spiro atoms. The summed E-state index contributed by atoms with van der Waals surface area (Å²) in [7, 11) is 0. The van der Waals surface area contributed by atoms with Gasteiger partial charge >= 0.3 is 0 Å². The quantitative estimate of drug-likeness (QED) is 0.331. The highest BCUT2D eigenvalue weighted by Gasteiger charge is 2.13. The van der Waals surface area contributed by atoms with Gasteiger partial charge in [0.1, 0.15) is 0 Å². The Morgan fingerprint density at radius 1 is 1.19 bits per heavy atom. The number of benzene rings is 2. The normalized spacial score (nSPS) is 11.3. The van der Waals surface area contributed by atoms with Crippen LogP contribution in [0.5, 0.6) is 0 Å². The van der Waals surface area contributed by atoms with E-state index in [9.17, 15) is 15.4 Å². The minimum Gasteiger partial charge on any atom is -0.318 e. The lowest BCUT2D eigenvalue weighted by atomic mass is 10.0. The highest BCUT2D eigenvalue weighted by molar-refractivity contribution is 6.32. The Kier molecular flexibility index (Phi) is 5.11. The minimum atomic E-state index is -0.421.